The molecular weight excluding hydrogens is 382 g/mol. The van der Waals surface area contributed by atoms with E-state index >= 15 is 0 Å². The number of hydrogen-bond acceptors (Lipinski definition) is 6. The Morgan fingerprint density at radius 1 is 1.37 bits per heavy atom. The van der Waals surface area contributed by atoms with Crippen LogP contribution >= 0.6 is 22.7 Å². The zero-order chi connectivity index (χ0) is 18.8. The topological polar surface area (TPSA) is 71.5 Å². The molecule has 1 aliphatic rings. The monoisotopic (exact) mass is 401 g/mol. The number of likely N-dealkylation sites (tertiary alicyclic amines) is 1. The van der Waals surface area contributed by atoms with Crippen LogP contribution < -0.4 is 10.1 Å². The molecule has 3 aromatic rings. The number of amides is 2. The number of thiophene rings is 1. The van der Waals surface area contributed by atoms with Crippen LogP contribution in [0.2, 0.25) is 0 Å². The maximum atomic E-state index is 12.8. The standard InChI is InChI=1S/C19H19N3O3S2/c1-2-25-12-7-8-13-16(11-12)27-19(20-13)21-17(23)14-5-3-9-22(14)18(24)15-6-4-10-26-15/h4,6-8,10-11,14H,2-3,5,9H2,1H3,(H,20,21,23). The Labute approximate surface area is 164 Å². The Morgan fingerprint density at radius 2 is 2.26 bits per heavy atom. The van der Waals surface area contributed by atoms with E-state index in [2.05, 4.69) is 10.3 Å². The van der Waals surface area contributed by atoms with Crippen molar-refractivity contribution in [3.05, 3.63) is 40.6 Å². The van der Waals surface area contributed by atoms with Gasteiger partial charge in [0, 0.05) is 6.54 Å². The molecule has 1 aromatic carbocycles. The van der Waals surface area contributed by atoms with Gasteiger partial charge < -0.3 is 15.0 Å². The lowest BCUT2D eigenvalue weighted by molar-refractivity contribution is -0.119. The van der Waals surface area contributed by atoms with Crippen molar-refractivity contribution in [2.45, 2.75) is 25.8 Å². The summed E-state index contributed by atoms with van der Waals surface area (Å²) in [5, 5.41) is 5.30. The van der Waals surface area contributed by atoms with Gasteiger partial charge in [-0.1, -0.05) is 17.4 Å². The molecule has 1 atom stereocenters. The first kappa shape index (κ1) is 17.9. The predicted molar refractivity (Wildman–Crippen MR) is 108 cm³/mol. The molecule has 1 N–H and O–H groups in total. The van der Waals surface area contributed by atoms with Crippen molar-refractivity contribution >= 4 is 49.8 Å². The Hall–Kier alpha value is -2.45. The second kappa shape index (κ2) is 7.66. The number of aromatic nitrogens is 1. The predicted octanol–water partition coefficient (Wildman–Crippen LogP) is 4.00. The molecule has 3 heterocycles. The van der Waals surface area contributed by atoms with Crippen LogP contribution in [0.25, 0.3) is 10.2 Å². The van der Waals surface area contributed by atoms with E-state index in [1.165, 1.54) is 22.7 Å². The third kappa shape index (κ3) is 3.68. The third-order valence-corrected chi connectivity index (χ3v) is 6.24. The molecule has 0 radical (unpaired) electrons. The molecular formula is C19H19N3O3S2. The Balaban J connectivity index is 1.49. The van der Waals surface area contributed by atoms with Gasteiger partial charge in [0.2, 0.25) is 5.91 Å². The van der Waals surface area contributed by atoms with Crippen LogP contribution in [0.15, 0.2) is 35.7 Å². The van der Waals surface area contributed by atoms with E-state index in [4.69, 9.17) is 4.74 Å². The Morgan fingerprint density at radius 3 is 3.04 bits per heavy atom. The summed E-state index contributed by atoms with van der Waals surface area (Å²) in [7, 11) is 0. The lowest BCUT2D eigenvalue weighted by atomic mass is 10.2. The Bertz CT molecular complexity index is 968. The fourth-order valence-corrected chi connectivity index (χ4v) is 4.80. The van der Waals surface area contributed by atoms with Crippen LogP contribution in [-0.2, 0) is 4.79 Å². The molecule has 2 aromatic heterocycles. The van der Waals surface area contributed by atoms with E-state index in [0.717, 1.165) is 22.4 Å². The minimum atomic E-state index is -0.453. The van der Waals surface area contributed by atoms with Gasteiger partial charge in [-0.2, -0.15) is 0 Å². The number of fused-ring (bicyclic) bond motifs is 1. The number of nitrogens with zero attached hydrogens (tertiary/aromatic N) is 2. The van der Waals surface area contributed by atoms with Crippen LogP contribution in [0.5, 0.6) is 5.75 Å². The molecule has 140 valence electrons. The van der Waals surface area contributed by atoms with E-state index in [-0.39, 0.29) is 11.8 Å². The molecule has 6 nitrogen and oxygen atoms in total. The zero-order valence-corrected chi connectivity index (χ0v) is 16.4. The first-order valence-corrected chi connectivity index (χ1v) is 10.5. The van der Waals surface area contributed by atoms with Gasteiger partial charge in [0.05, 0.1) is 21.7 Å². The largest absolute Gasteiger partial charge is 0.494 e. The number of carbonyl (C=O) groups excluding carboxylic acids is 2. The highest BCUT2D eigenvalue weighted by Gasteiger charge is 2.35. The molecule has 2 amide bonds. The average molecular weight is 402 g/mol. The van der Waals surface area contributed by atoms with Crippen molar-refractivity contribution < 1.29 is 14.3 Å². The van der Waals surface area contributed by atoms with Gasteiger partial charge in [-0.25, -0.2) is 4.98 Å². The highest BCUT2D eigenvalue weighted by molar-refractivity contribution is 7.22. The summed E-state index contributed by atoms with van der Waals surface area (Å²) in [5.74, 6) is 0.532. The summed E-state index contributed by atoms with van der Waals surface area (Å²) in [6, 6.07) is 8.87. The summed E-state index contributed by atoms with van der Waals surface area (Å²) in [5.41, 5.74) is 0.816. The van der Waals surface area contributed by atoms with Gasteiger partial charge in [-0.3, -0.25) is 9.59 Å². The molecule has 0 spiro atoms. The van der Waals surface area contributed by atoms with Crippen molar-refractivity contribution in [1.82, 2.24) is 9.88 Å². The number of ether oxygens (including phenoxy) is 1. The van der Waals surface area contributed by atoms with Gasteiger partial charge in [0.25, 0.3) is 5.91 Å². The first-order chi connectivity index (χ1) is 13.2. The van der Waals surface area contributed by atoms with E-state index in [0.29, 0.717) is 29.6 Å². The number of anilines is 1. The van der Waals surface area contributed by atoms with E-state index < -0.39 is 6.04 Å². The zero-order valence-electron chi connectivity index (χ0n) is 14.8. The molecule has 0 bridgehead atoms. The van der Waals surface area contributed by atoms with Crippen LogP contribution in [0, 0.1) is 0 Å². The fraction of sp³-hybridized carbons (Fsp3) is 0.316. The molecule has 8 heteroatoms. The summed E-state index contributed by atoms with van der Waals surface area (Å²) < 4.78 is 6.46. The maximum Gasteiger partial charge on any atom is 0.264 e. The number of hydrogen-bond donors (Lipinski definition) is 1. The molecule has 4 rings (SSSR count). The molecule has 1 saturated heterocycles. The van der Waals surface area contributed by atoms with Crippen LogP contribution in [-0.4, -0.2) is 40.9 Å². The second-order valence-electron chi connectivity index (χ2n) is 6.20. The van der Waals surface area contributed by atoms with Crippen LogP contribution in [0.3, 0.4) is 0 Å². The lowest BCUT2D eigenvalue weighted by Gasteiger charge is -2.22. The van der Waals surface area contributed by atoms with E-state index in [1.54, 1.807) is 11.0 Å². The van der Waals surface area contributed by atoms with Crippen LogP contribution in [0.1, 0.15) is 29.4 Å². The second-order valence-corrected chi connectivity index (χ2v) is 8.18. The van der Waals surface area contributed by atoms with Crippen molar-refractivity contribution in [3.8, 4) is 5.75 Å². The smallest absolute Gasteiger partial charge is 0.264 e. The minimum Gasteiger partial charge on any atom is -0.494 e. The Kier molecular flexibility index (Phi) is 5.09. The van der Waals surface area contributed by atoms with Crippen molar-refractivity contribution in [3.63, 3.8) is 0 Å². The number of thiazole rings is 1. The third-order valence-electron chi connectivity index (χ3n) is 4.45. The molecule has 1 fully saturated rings. The normalized spacial score (nSPS) is 16.6. The highest BCUT2D eigenvalue weighted by atomic mass is 32.1. The van der Waals surface area contributed by atoms with E-state index in [9.17, 15) is 9.59 Å². The molecule has 1 aliphatic heterocycles. The number of rotatable bonds is 5. The summed E-state index contributed by atoms with van der Waals surface area (Å²) >= 11 is 2.81. The summed E-state index contributed by atoms with van der Waals surface area (Å²) in [4.78, 5) is 32.2. The van der Waals surface area contributed by atoms with E-state index in [1.807, 2.05) is 36.6 Å². The van der Waals surface area contributed by atoms with Gasteiger partial charge in [0.1, 0.15) is 11.8 Å². The summed E-state index contributed by atoms with van der Waals surface area (Å²) in [6.07, 6.45) is 1.50. The first-order valence-electron chi connectivity index (χ1n) is 8.84. The van der Waals surface area contributed by atoms with Gasteiger partial charge in [-0.15, -0.1) is 11.3 Å². The number of benzene rings is 1. The SMILES string of the molecule is CCOc1ccc2nc(NC(=O)C3CCCN3C(=O)c3cccs3)sc2c1. The molecule has 0 saturated carbocycles. The lowest BCUT2D eigenvalue weighted by Crippen LogP contribution is -2.42. The fourth-order valence-electron chi connectivity index (χ4n) is 3.23. The van der Waals surface area contributed by atoms with Gasteiger partial charge in [-0.05, 0) is 49.4 Å². The van der Waals surface area contributed by atoms with Gasteiger partial charge in [0.15, 0.2) is 5.13 Å². The molecule has 1 unspecified atom stereocenters. The van der Waals surface area contributed by atoms with Crippen molar-refractivity contribution in [1.29, 1.82) is 0 Å². The van der Waals surface area contributed by atoms with Crippen molar-refractivity contribution in [2.75, 3.05) is 18.5 Å². The minimum absolute atomic E-state index is 0.0756. The van der Waals surface area contributed by atoms with Gasteiger partial charge >= 0.3 is 0 Å². The number of nitrogens with one attached hydrogen (secondary N) is 1. The van der Waals surface area contributed by atoms with Crippen molar-refractivity contribution in [2.24, 2.45) is 0 Å². The molecule has 27 heavy (non-hydrogen) atoms. The summed E-state index contributed by atoms with van der Waals surface area (Å²) in [6.45, 7) is 3.14. The maximum absolute atomic E-state index is 12.8. The quantitative estimate of drug-likeness (QED) is 0.701. The van der Waals surface area contributed by atoms with Crippen LogP contribution in [0.4, 0.5) is 5.13 Å². The average Bonchev–Trinajstić information content (AvgIpc) is 3.40. The highest BCUT2D eigenvalue weighted by Crippen LogP contribution is 2.30. The number of carbonyl (C=O) groups is 2. The molecule has 0 aliphatic carbocycles.